The zero-order chi connectivity index (χ0) is 11.7. The number of alkyl halides is 3. The number of rotatable bonds is 0. The van der Waals surface area contributed by atoms with E-state index in [-0.39, 0.29) is 12.4 Å². The summed E-state index contributed by atoms with van der Waals surface area (Å²) in [5, 5.41) is 27.9. The van der Waals surface area contributed by atoms with Crippen molar-refractivity contribution in [3.8, 4) is 0 Å². The van der Waals surface area contributed by atoms with Crippen molar-refractivity contribution in [3.63, 3.8) is 0 Å². The molecule has 0 saturated carbocycles. The summed E-state index contributed by atoms with van der Waals surface area (Å²) in [6.45, 7) is 1.48. The van der Waals surface area contributed by atoms with Gasteiger partial charge in [0.25, 0.3) is 0 Å². The van der Waals surface area contributed by atoms with Crippen LogP contribution in [-0.4, -0.2) is 36.5 Å². The van der Waals surface area contributed by atoms with Gasteiger partial charge in [-0.3, -0.25) is 0 Å². The SMILES string of the molecule is CC(Cl)(Cl)Cl.Cl.O=C(O)O.O=C(O)O. The van der Waals surface area contributed by atoms with Gasteiger partial charge in [0.1, 0.15) is 0 Å². The van der Waals surface area contributed by atoms with Gasteiger partial charge in [0, 0.05) is 0 Å². The van der Waals surface area contributed by atoms with Gasteiger partial charge in [-0.1, -0.05) is 34.8 Å². The predicted molar refractivity (Wildman–Crippen MR) is 54.5 cm³/mol. The lowest BCUT2D eigenvalue weighted by Crippen LogP contribution is -1.87. The average molecular weight is 294 g/mol. The zero-order valence-corrected chi connectivity index (χ0v) is 9.73. The highest BCUT2D eigenvalue weighted by atomic mass is 35.6. The zero-order valence-electron chi connectivity index (χ0n) is 6.65. The van der Waals surface area contributed by atoms with Gasteiger partial charge >= 0.3 is 12.3 Å². The highest BCUT2D eigenvalue weighted by Gasteiger charge is 2.07. The summed E-state index contributed by atoms with van der Waals surface area (Å²) in [4.78, 5) is 17.1. The minimum atomic E-state index is -1.83. The van der Waals surface area contributed by atoms with E-state index >= 15 is 0 Å². The van der Waals surface area contributed by atoms with E-state index in [0.717, 1.165) is 0 Å². The van der Waals surface area contributed by atoms with E-state index in [0.29, 0.717) is 0 Å². The summed E-state index contributed by atoms with van der Waals surface area (Å²) < 4.78 is -1.08. The van der Waals surface area contributed by atoms with Crippen molar-refractivity contribution in [1.82, 2.24) is 0 Å². The average Bonchev–Trinajstić information content (AvgIpc) is 1.50. The molecule has 0 aliphatic rings. The first-order chi connectivity index (χ1) is 5.46. The van der Waals surface area contributed by atoms with E-state index in [9.17, 15) is 0 Å². The van der Waals surface area contributed by atoms with Crippen molar-refractivity contribution in [1.29, 1.82) is 0 Å². The molecule has 0 rings (SSSR count). The third-order valence-corrected chi connectivity index (χ3v) is 0. The second-order valence-corrected chi connectivity index (χ2v) is 4.19. The molecule has 0 unspecified atom stereocenters. The van der Waals surface area contributed by atoms with Crippen LogP contribution in [0.25, 0.3) is 0 Å². The Labute approximate surface area is 100 Å². The molecule has 4 N–H and O–H groups in total. The lowest BCUT2D eigenvalue weighted by atomic mass is 10.9. The number of hydrogen-bond acceptors (Lipinski definition) is 2. The Balaban J connectivity index is -0.0000000522. The van der Waals surface area contributed by atoms with Crippen LogP contribution in [0.15, 0.2) is 0 Å². The van der Waals surface area contributed by atoms with Crippen molar-refractivity contribution in [2.24, 2.45) is 0 Å². The third kappa shape index (κ3) is 14900. The van der Waals surface area contributed by atoms with Crippen molar-refractivity contribution < 1.29 is 30.0 Å². The molecule has 88 valence electrons. The van der Waals surface area contributed by atoms with Crippen LogP contribution in [0.2, 0.25) is 0 Å². The van der Waals surface area contributed by atoms with Crippen LogP contribution in [-0.2, 0) is 0 Å². The van der Waals surface area contributed by atoms with Gasteiger partial charge in [-0.25, -0.2) is 9.59 Å². The Bertz CT molecular complexity index is 128. The molecule has 0 aromatic carbocycles. The Morgan fingerprint density at radius 3 is 0.929 bits per heavy atom. The van der Waals surface area contributed by atoms with Gasteiger partial charge in [0.05, 0.1) is 0 Å². The Morgan fingerprint density at radius 2 is 0.929 bits per heavy atom. The first-order valence-electron chi connectivity index (χ1n) is 2.37. The number of carbonyl (C=O) groups is 2. The van der Waals surface area contributed by atoms with E-state index in [4.69, 9.17) is 64.8 Å². The van der Waals surface area contributed by atoms with Crippen molar-refractivity contribution in [3.05, 3.63) is 0 Å². The van der Waals surface area contributed by atoms with Gasteiger partial charge in [0.2, 0.25) is 0 Å². The van der Waals surface area contributed by atoms with Crippen LogP contribution in [0.1, 0.15) is 6.92 Å². The molecule has 0 atom stereocenters. The van der Waals surface area contributed by atoms with Crippen LogP contribution in [0.3, 0.4) is 0 Å². The maximum Gasteiger partial charge on any atom is 0.503 e. The molecule has 14 heavy (non-hydrogen) atoms. The van der Waals surface area contributed by atoms with Crippen LogP contribution < -0.4 is 0 Å². The molecular weight excluding hydrogens is 286 g/mol. The van der Waals surface area contributed by atoms with Gasteiger partial charge in [0.15, 0.2) is 3.79 Å². The fourth-order valence-corrected chi connectivity index (χ4v) is 0. The third-order valence-electron chi connectivity index (χ3n) is 0. The van der Waals surface area contributed by atoms with Crippen LogP contribution in [0.4, 0.5) is 9.59 Å². The molecular formula is C4H8Cl4O6. The molecule has 0 aliphatic carbocycles. The fraction of sp³-hybridized carbons (Fsp3) is 0.500. The van der Waals surface area contributed by atoms with Crippen LogP contribution in [0.5, 0.6) is 0 Å². The molecule has 0 saturated heterocycles. The molecule has 6 nitrogen and oxygen atoms in total. The summed E-state index contributed by atoms with van der Waals surface area (Å²) in [7, 11) is 0. The lowest BCUT2D eigenvalue weighted by molar-refractivity contribution is 0.135. The fourth-order valence-electron chi connectivity index (χ4n) is 0. The summed E-state index contributed by atoms with van der Waals surface area (Å²) in [6, 6.07) is 0. The quantitative estimate of drug-likeness (QED) is 0.510. The summed E-state index contributed by atoms with van der Waals surface area (Å²) in [6.07, 6.45) is -3.67. The van der Waals surface area contributed by atoms with Crippen LogP contribution in [0, 0.1) is 0 Å². The summed E-state index contributed by atoms with van der Waals surface area (Å²) in [5.74, 6) is 0. The molecule has 0 radical (unpaired) electrons. The highest BCUT2D eigenvalue weighted by Crippen LogP contribution is 2.23. The van der Waals surface area contributed by atoms with E-state index < -0.39 is 16.1 Å². The topological polar surface area (TPSA) is 115 Å². The smallest absolute Gasteiger partial charge is 0.450 e. The molecule has 0 spiro atoms. The normalized spacial score (nSPS) is 7.71. The Morgan fingerprint density at radius 1 is 0.929 bits per heavy atom. The van der Waals surface area contributed by atoms with E-state index in [1.165, 1.54) is 6.92 Å². The molecule has 0 aromatic heterocycles. The second-order valence-electron chi connectivity index (χ2n) is 1.35. The van der Waals surface area contributed by atoms with Crippen molar-refractivity contribution in [2.45, 2.75) is 10.7 Å². The minimum Gasteiger partial charge on any atom is -0.450 e. The van der Waals surface area contributed by atoms with Gasteiger partial charge in [-0.15, -0.1) is 12.4 Å². The first-order valence-corrected chi connectivity index (χ1v) is 3.50. The standard InChI is InChI=1S/C2H3Cl3.2CH2O3.ClH/c1-2(3,4)5;2*2-1(3)4;/h1H3;2*(H2,2,3,4);1H. The number of carboxylic acid groups (broad SMARTS) is 4. The largest absolute Gasteiger partial charge is 0.503 e. The molecule has 10 heteroatoms. The number of halogens is 4. The summed E-state index contributed by atoms with van der Waals surface area (Å²) >= 11 is 15.2. The van der Waals surface area contributed by atoms with Crippen molar-refractivity contribution in [2.75, 3.05) is 0 Å². The van der Waals surface area contributed by atoms with Crippen LogP contribution >= 0.6 is 47.2 Å². The van der Waals surface area contributed by atoms with Gasteiger partial charge in [-0.05, 0) is 6.92 Å². The van der Waals surface area contributed by atoms with Gasteiger partial charge in [-0.2, -0.15) is 0 Å². The van der Waals surface area contributed by atoms with E-state index in [1.54, 1.807) is 0 Å². The van der Waals surface area contributed by atoms with Crippen molar-refractivity contribution >= 4 is 59.5 Å². The predicted octanol–water partition coefficient (Wildman–Crippen LogP) is 3.24. The Kier molecular flexibility index (Phi) is 21.3. The van der Waals surface area contributed by atoms with E-state index in [2.05, 4.69) is 0 Å². The molecule has 0 aliphatic heterocycles. The molecule has 0 fully saturated rings. The molecule has 0 heterocycles. The minimum absolute atomic E-state index is 0. The monoisotopic (exact) mass is 292 g/mol. The highest BCUT2D eigenvalue weighted by molar-refractivity contribution is 6.67. The maximum absolute atomic E-state index is 8.56. The molecule has 0 amide bonds. The first kappa shape index (κ1) is 23.5. The van der Waals surface area contributed by atoms with E-state index in [1.807, 2.05) is 0 Å². The molecule has 0 bridgehead atoms. The lowest BCUT2D eigenvalue weighted by Gasteiger charge is -1.94. The van der Waals surface area contributed by atoms with Gasteiger partial charge < -0.3 is 20.4 Å². The second kappa shape index (κ2) is 12.7. The Hall–Kier alpha value is -0.300. The summed E-state index contributed by atoms with van der Waals surface area (Å²) in [5.41, 5.74) is 0. The maximum atomic E-state index is 8.56. The molecule has 0 aromatic rings. The number of hydrogen-bond donors (Lipinski definition) is 4.